The molecule has 1 saturated carbocycles. The zero-order valence-electron chi connectivity index (χ0n) is 11.8. The lowest BCUT2D eigenvalue weighted by Crippen LogP contribution is -2.45. The second-order valence-corrected chi connectivity index (χ2v) is 6.02. The van der Waals surface area contributed by atoms with Gasteiger partial charge in [-0.25, -0.2) is 4.79 Å². The summed E-state index contributed by atoms with van der Waals surface area (Å²) in [5.41, 5.74) is 0. The largest absolute Gasteiger partial charge is 0.481 e. The number of hydrogen-bond acceptors (Lipinski definition) is 2. The highest BCUT2D eigenvalue weighted by Crippen LogP contribution is 2.30. The first-order valence-electron chi connectivity index (χ1n) is 7.28. The van der Waals surface area contributed by atoms with Crippen molar-refractivity contribution in [3.05, 3.63) is 0 Å². The van der Waals surface area contributed by atoms with Crippen LogP contribution < -0.4 is 5.32 Å². The molecule has 2 rings (SSSR count). The summed E-state index contributed by atoms with van der Waals surface area (Å²) in [6, 6.07) is -0.311. The van der Waals surface area contributed by atoms with Crippen LogP contribution >= 0.6 is 0 Å². The Bertz CT molecular complexity index is 359. The van der Waals surface area contributed by atoms with Gasteiger partial charge in [-0.05, 0) is 31.6 Å². The lowest BCUT2D eigenvalue weighted by Gasteiger charge is -2.25. The smallest absolute Gasteiger partial charge is 0.317 e. The maximum Gasteiger partial charge on any atom is 0.317 e. The van der Waals surface area contributed by atoms with Gasteiger partial charge in [-0.1, -0.05) is 19.8 Å². The molecule has 2 fully saturated rings. The lowest BCUT2D eigenvalue weighted by atomic mass is 9.98. The molecule has 2 amide bonds. The van der Waals surface area contributed by atoms with Gasteiger partial charge in [-0.2, -0.15) is 0 Å². The van der Waals surface area contributed by atoms with E-state index in [1.807, 2.05) is 6.92 Å². The van der Waals surface area contributed by atoms with E-state index in [-0.39, 0.29) is 12.1 Å². The van der Waals surface area contributed by atoms with Gasteiger partial charge in [-0.15, -0.1) is 0 Å². The molecule has 0 bridgehead atoms. The third kappa shape index (κ3) is 3.01. The minimum absolute atomic E-state index is 0.102. The van der Waals surface area contributed by atoms with Crippen molar-refractivity contribution in [3.8, 4) is 0 Å². The Hall–Kier alpha value is -1.26. The van der Waals surface area contributed by atoms with Crippen molar-refractivity contribution in [1.82, 2.24) is 10.2 Å². The van der Waals surface area contributed by atoms with Crippen LogP contribution in [0.25, 0.3) is 0 Å². The monoisotopic (exact) mass is 268 g/mol. The van der Waals surface area contributed by atoms with Gasteiger partial charge in [0.25, 0.3) is 0 Å². The van der Waals surface area contributed by atoms with E-state index in [9.17, 15) is 9.59 Å². The predicted octanol–water partition coefficient (Wildman–Crippen LogP) is 1.93. The molecule has 0 radical (unpaired) electrons. The molecular weight excluding hydrogens is 244 g/mol. The van der Waals surface area contributed by atoms with Crippen molar-refractivity contribution in [2.75, 3.05) is 13.1 Å². The summed E-state index contributed by atoms with van der Waals surface area (Å²) in [5.74, 6) is 0.0450. The molecule has 5 nitrogen and oxygen atoms in total. The molecule has 1 aliphatic carbocycles. The average Bonchev–Trinajstić information content (AvgIpc) is 2.92. The molecule has 5 heteroatoms. The first-order valence-corrected chi connectivity index (χ1v) is 7.28. The first-order chi connectivity index (χ1) is 9.00. The maximum absolute atomic E-state index is 12.1. The zero-order chi connectivity index (χ0) is 14.0. The quantitative estimate of drug-likeness (QED) is 0.821. The van der Waals surface area contributed by atoms with Gasteiger partial charge in [0.1, 0.15) is 0 Å². The van der Waals surface area contributed by atoms with Crippen LogP contribution in [0, 0.1) is 17.8 Å². The molecule has 0 aromatic heterocycles. The lowest BCUT2D eigenvalue weighted by molar-refractivity contribution is -0.142. The van der Waals surface area contributed by atoms with Gasteiger partial charge in [0.05, 0.1) is 5.92 Å². The molecule has 1 saturated heterocycles. The molecule has 0 aromatic rings. The number of amides is 2. The molecule has 4 atom stereocenters. The summed E-state index contributed by atoms with van der Waals surface area (Å²) >= 11 is 0. The van der Waals surface area contributed by atoms with E-state index in [4.69, 9.17) is 5.11 Å². The minimum atomic E-state index is -0.799. The Labute approximate surface area is 114 Å². The summed E-state index contributed by atoms with van der Waals surface area (Å²) in [6.45, 7) is 5.33. The summed E-state index contributed by atoms with van der Waals surface area (Å²) in [4.78, 5) is 24.8. The second-order valence-electron chi connectivity index (χ2n) is 6.02. The molecular formula is C14H24N2O3. The molecule has 19 heavy (non-hydrogen) atoms. The van der Waals surface area contributed by atoms with Gasteiger partial charge < -0.3 is 15.3 Å². The molecule has 0 aromatic carbocycles. The fraction of sp³-hybridized carbons (Fsp3) is 0.857. The van der Waals surface area contributed by atoms with Crippen molar-refractivity contribution in [2.24, 2.45) is 17.8 Å². The number of carboxylic acid groups (broad SMARTS) is 1. The van der Waals surface area contributed by atoms with Crippen LogP contribution in [0.2, 0.25) is 0 Å². The standard InChI is InChI=1S/C14H24N2O3/c1-9-4-3-5-11(9)8-15-14(19)16-7-6-12(10(16)2)13(17)18/h9-12H,3-8H2,1-2H3,(H,15,19)(H,17,18). The summed E-state index contributed by atoms with van der Waals surface area (Å²) in [6.07, 6.45) is 4.25. The highest BCUT2D eigenvalue weighted by molar-refractivity contribution is 5.78. The number of carboxylic acids is 1. The van der Waals surface area contributed by atoms with E-state index in [0.29, 0.717) is 24.8 Å². The fourth-order valence-corrected chi connectivity index (χ4v) is 3.40. The topological polar surface area (TPSA) is 69.6 Å². The van der Waals surface area contributed by atoms with Gasteiger partial charge in [-0.3, -0.25) is 4.79 Å². The average molecular weight is 268 g/mol. The zero-order valence-corrected chi connectivity index (χ0v) is 11.8. The van der Waals surface area contributed by atoms with E-state index in [0.717, 1.165) is 6.54 Å². The van der Waals surface area contributed by atoms with Crippen molar-refractivity contribution in [3.63, 3.8) is 0 Å². The third-order valence-electron chi connectivity index (χ3n) is 4.89. The Balaban J connectivity index is 1.82. The molecule has 4 unspecified atom stereocenters. The van der Waals surface area contributed by atoms with Crippen molar-refractivity contribution >= 4 is 12.0 Å². The number of carbonyl (C=O) groups excluding carboxylic acids is 1. The van der Waals surface area contributed by atoms with Gasteiger partial charge >= 0.3 is 12.0 Å². The van der Waals surface area contributed by atoms with Crippen LogP contribution in [0.15, 0.2) is 0 Å². The number of carbonyl (C=O) groups is 2. The predicted molar refractivity (Wildman–Crippen MR) is 71.8 cm³/mol. The third-order valence-corrected chi connectivity index (χ3v) is 4.89. The highest BCUT2D eigenvalue weighted by atomic mass is 16.4. The number of nitrogens with one attached hydrogen (secondary N) is 1. The van der Waals surface area contributed by atoms with Crippen molar-refractivity contribution in [1.29, 1.82) is 0 Å². The summed E-state index contributed by atoms with van der Waals surface area (Å²) < 4.78 is 0. The van der Waals surface area contributed by atoms with E-state index >= 15 is 0 Å². The first kappa shape index (κ1) is 14.2. The fourth-order valence-electron chi connectivity index (χ4n) is 3.40. The Morgan fingerprint density at radius 2 is 2.00 bits per heavy atom. The van der Waals surface area contributed by atoms with E-state index < -0.39 is 11.9 Å². The van der Waals surface area contributed by atoms with Crippen LogP contribution in [0.1, 0.15) is 39.5 Å². The number of rotatable bonds is 3. The molecule has 0 spiro atoms. The minimum Gasteiger partial charge on any atom is -0.481 e. The van der Waals surface area contributed by atoms with E-state index in [1.165, 1.54) is 19.3 Å². The van der Waals surface area contributed by atoms with Crippen LogP contribution in [-0.2, 0) is 4.79 Å². The molecule has 108 valence electrons. The summed E-state index contributed by atoms with van der Waals surface area (Å²) in [7, 11) is 0. The van der Waals surface area contributed by atoms with Gasteiger partial charge in [0.15, 0.2) is 0 Å². The molecule has 2 aliphatic rings. The number of likely N-dealkylation sites (tertiary alicyclic amines) is 1. The van der Waals surface area contributed by atoms with Crippen LogP contribution in [0.3, 0.4) is 0 Å². The highest BCUT2D eigenvalue weighted by Gasteiger charge is 2.38. The molecule has 2 N–H and O–H groups in total. The van der Waals surface area contributed by atoms with Crippen LogP contribution in [0.5, 0.6) is 0 Å². The van der Waals surface area contributed by atoms with Crippen molar-refractivity contribution in [2.45, 2.75) is 45.6 Å². The van der Waals surface area contributed by atoms with Gasteiger partial charge in [0.2, 0.25) is 0 Å². The Morgan fingerprint density at radius 3 is 2.53 bits per heavy atom. The summed E-state index contributed by atoms with van der Waals surface area (Å²) in [5, 5.41) is 12.0. The maximum atomic E-state index is 12.1. The van der Waals surface area contributed by atoms with Crippen LogP contribution in [-0.4, -0.2) is 41.1 Å². The number of urea groups is 1. The number of nitrogens with zero attached hydrogens (tertiary/aromatic N) is 1. The second kappa shape index (κ2) is 5.80. The Kier molecular flexibility index (Phi) is 4.32. The SMILES string of the molecule is CC1CCCC1CNC(=O)N1CCC(C(=O)O)C1C. The van der Waals surface area contributed by atoms with Gasteiger partial charge in [0, 0.05) is 19.1 Å². The van der Waals surface area contributed by atoms with Crippen molar-refractivity contribution < 1.29 is 14.7 Å². The molecule has 1 heterocycles. The molecule has 1 aliphatic heterocycles. The number of aliphatic carboxylic acids is 1. The van der Waals surface area contributed by atoms with E-state index in [1.54, 1.807) is 4.90 Å². The Morgan fingerprint density at radius 1 is 1.26 bits per heavy atom. The van der Waals surface area contributed by atoms with Crippen LogP contribution in [0.4, 0.5) is 4.79 Å². The van der Waals surface area contributed by atoms with E-state index in [2.05, 4.69) is 12.2 Å². The number of hydrogen-bond donors (Lipinski definition) is 2. The normalized spacial score (nSPS) is 34.5.